The summed E-state index contributed by atoms with van der Waals surface area (Å²) >= 11 is 3.40. The third kappa shape index (κ3) is 5.09. The number of carboxylic acid groups (broad SMARTS) is 1. The molecular weight excluding hydrogens is 437 g/mol. The monoisotopic (exact) mass is 451 g/mol. The van der Waals surface area contributed by atoms with E-state index in [1.54, 1.807) is 54.6 Å². The summed E-state index contributed by atoms with van der Waals surface area (Å²) in [6.45, 7) is 0.0460. The van der Waals surface area contributed by atoms with Crippen molar-refractivity contribution in [1.82, 2.24) is 0 Å². The number of hydrogen-bond donors (Lipinski definition) is 1. The molecule has 3 aromatic carbocycles. The van der Waals surface area contributed by atoms with Crippen LogP contribution >= 0.6 is 15.9 Å². The standard InChI is InChI=1S/C23H15BrFNO3/c24-20-9-10-22(29-14-17-3-1-2-4-21(17)25)18(12-20)11-19(13-26)15-5-7-16(8-6-15)23(27)28/h1-12H,14H2,(H,27,28)/b19-11-. The van der Waals surface area contributed by atoms with Crippen LogP contribution in [0.5, 0.6) is 5.75 Å². The summed E-state index contributed by atoms with van der Waals surface area (Å²) < 4.78 is 20.4. The first-order chi connectivity index (χ1) is 14.0. The van der Waals surface area contributed by atoms with E-state index in [0.29, 0.717) is 28.0 Å². The molecule has 6 heteroatoms. The molecule has 0 spiro atoms. The summed E-state index contributed by atoms with van der Waals surface area (Å²) in [5.74, 6) is -0.890. The molecule has 0 bridgehead atoms. The molecule has 0 unspecified atom stereocenters. The van der Waals surface area contributed by atoms with Crippen LogP contribution in [0, 0.1) is 17.1 Å². The van der Waals surface area contributed by atoms with Crippen molar-refractivity contribution in [3.63, 3.8) is 0 Å². The zero-order valence-corrected chi connectivity index (χ0v) is 16.7. The van der Waals surface area contributed by atoms with Crippen LogP contribution in [0.3, 0.4) is 0 Å². The van der Waals surface area contributed by atoms with E-state index in [9.17, 15) is 14.4 Å². The van der Waals surface area contributed by atoms with Crippen molar-refractivity contribution in [3.05, 3.63) is 99.3 Å². The summed E-state index contributed by atoms with van der Waals surface area (Å²) in [6.07, 6.45) is 1.65. The maximum absolute atomic E-state index is 13.8. The molecule has 144 valence electrons. The van der Waals surface area contributed by atoms with Gasteiger partial charge < -0.3 is 9.84 Å². The number of ether oxygens (including phenoxy) is 1. The molecule has 0 aliphatic carbocycles. The van der Waals surface area contributed by atoms with Crippen LogP contribution in [-0.4, -0.2) is 11.1 Å². The number of allylic oxidation sites excluding steroid dienone is 1. The van der Waals surface area contributed by atoms with E-state index < -0.39 is 5.97 Å². The predicted octanol–water partition coefficient (Wildman–Crippen LogP) is 5.93. The first kappa shape index (κ1) is 20.3. The molecule has 0 saturated carbocycles. The summed E-state index contributed by atoms with van der Waals surface area (Å²) in [6, 6.07) is 19.9. The lowest BCUT2D eigenvalue weighted by Crippen LogP contribution is -1.99. The highest BCUT2D eigenvalue weighted by molar-refractivity contribution is 9.10. The molecule has 0 aromatic heterocycles. The Labute approximate surface area is 175 Å². The molecule has 0 aliphatic rings. The molecule has 0 aliphatic heterocycles. The number of halogens is 2. The first-order valence-electron chi connectivity index (χ1n) is 8.59. The molecule has 0 atom stereocenters. The second-order valence-electron chi connectivity index (χ2n) is 6.11. The van der Waals surface area contributed by atoms with E-state index in [1.165, 1.54) is 18.2 Å². The van der Waals surface area contributed by atoms with E-state index in [0.717, 1.165) is 4.47 Å². The Morgan fingerprint density at radius 3 is 2.45 bits per heavy atom. The number of nitriles is 1. The van der Waals surface area contributed by atoms with Gasteiger partial charge in [0.15, 0.2) is 0 Å². The Morgan fingerprint density at radius 2 is 1.79 bits per heavy atom. The molecule has 0 heterocycles. The fourth-order valence-corrected chi connectivity index (χ4v) is 3.04. The highest BCUT2D eigenvalue weighted by Crippen LogP contribution is 2.29. The van der Waals surface area contributed by atoms with Crippen LogP contribution in [0.15, 0.2) is 71.2 Å². The van der Waals surface area contributed by atoms with E-state index in [-0.39, 0.29) is 18.0 Å². The van der Waals surface area contributed by atoms with Crippen LogP contribution in [0.25, 0.3) is 11.6 Å². The molecule has 3 aromatic rings. The molecule has 29 heavy (non-hydrogen) atoms. The number of nitrogens with zero attached hydrogens (tertiary/aromatic N) is 1. The van der Waals surface area contributed by atoms with Crippen molar-refractivity contribution in [2.75, 3.05) is 0 Å². The van der Waals surface area contributed by atoms with E-state index in [1.807, 2.05) is 0 Å². The average molecular weight is 452 g/mol. The van der Waals surface area contributed by atoms with Gasteiger partial charge in [-0.15, -0.1) is 0 Å². The van der Waals surface area contributed by atoms with Crippen LogP contribution in [0.4, 0.5) is 4.39 Å². The lowest BCUT2D eigenvalue weighted by Gasteiger charge is -2.11. The van der Waals surface area contributed by atoms with Crippen LogP contribution < -0.4 is 4.74 Å². The van der Waals surface area contributed by atoms with Crippen LogP contribution in [0.1, 0.15) is 27.0 Å². The largest absolute Gasteiger partial charge is 0.488 e. The van der Waals surface area contributed by atoms with Gasteiger partial charge >= 0.3 is 5.97 Å². The number of carboxylic acids is 1. The summed E-state index contributed by atoms with van der Waals surface area (Å²) in [4.78, 5) is 11.0. The summed E-state index contributed by atoms with van der Waals surface area (Å²) in [7, 11) is 0. The van der Waals surface area contributed by atoms with Gasteiger partial charge in [-0.05, 0) is 48.0 Å². The van der Waals surface area contributed by atoms with Crippen molar-refractivity contribution in [2.45, 2.75) is 6.61 Å². The lowest BCUT2D eigenvalue weighted by atomic mass is 10.0. The van der Waals surface area contributed by atoms with Gasteiger partial charge in [0.25, 0.3) is 0 Å². The SMILES string of the molecule is N#C/C(=C/c1cc(Br)ccc1OCc1ccccc1F)c1ccc(C(=O)O)cc1. The molecule has 0 saturated heterocycles. The second-order valence-corrected chi connectivity index (χ2v) is 7.03. The second kappa shape index (κ2) is 9.18. The number of aromatic carboxylic acids is 1. The first-order valence-corrected chi connectivity index (χ1v) is 9.38. The van der Waals surface area contributed by atoms with Gasteiger partial charge in [-0.1, -0.05) is 46.3 Å². The van der Waals surface area contributed by atoms with Crippen LogP contribution in [0.2, 0.25) is 0 Å². The third-order valence-corrected chi connectivity index (χ3v) is 4.67. The van der Waals surface area contributed by atoms with Gasteiger partial charge in [-0.2, -0.15) is 5.26 Å². The zero-order valence-electron chi connectivity index (χ0n) is 15.1. The van der Waals surface area contributed by atoms with Crippen molar-refractivity contribution >= 4 is 33.5 Å². The molecule has 0 amide bonds. The highest BCUT2D eigenvalue weighted by Gasteiger charge is 2.09. The maximum atomic E-state index is 13.8. The Bertz CT molecular complexity index is 1120. The highest BCUT2D eigenvalue weighted by atomic mass is 79.9. The quantitative estimate of drug-likeness (QED) is 0.372. The third-order valence-electron chi connectivity index (χ3n) is 4.18. The Morgan fingerprint density at radius 1 is 1.10 bits per heavy atom. The summed E-state index contributed by atoms with van der Waals surface area (Å²) in [5.41, 5.74) is 2.13. The molecule has 3 rings (SSSR count). The molecule has 0 fully saturated rings. The average Bonchev–Trinajstić information content (AvgIpc) is 2.72. The number of benzene rings is 3. The molecule has 1 N–H and O–H groups in total. The van der Waals surface area contributed by atoms with E-state index >= 15 is 0 Å². The van der Waals surface area contributed by atoms with Crippen LogP contribution in [-0.2, 0) is 6.61 Å². The minimum atomic E-state index is -1.03. The lowest BCUT2D eigenvalue weighted by molar-refractivity contribution is 0.0697. The molecular formula is C23H15BrFNO3. The number of rotatable bonds is 6. The van der Waals surface area contributed by atoms with Gasteiger partial charge in [-0.25, -0.2) is 9.18 Å². The fraction of sp³-hybridized carbons (Fsp3) is 0.0435. The van der Waals surface area contributed by atoms with Crippen molar-refractivity contribution < 1.29 is 19.0 Å². The van der Waals surface area contributed by atoms with Gasteiger partial charge in [-0.3, -0.25) is 0 Å². The maximum Gasteiger partial charge on any atom is 0.335 e. The van der Waals surface area contributed by atoms with E-state index in [2.05, 4.69) is 22.0 Å². The van der Waals surface area contributed by atoms with Crippen molar-refractivity contribution in [1.29, 1.82) is 5.26 Å². The molecule has 4 nitrogen and oxygen atoms in total. The number of carbonyl (C=O) groups is 1. The van der Waals surface area contributed by atoms with Crippen molar-refractivity contribution in [3.8, 4) is 11.8 Å². The Kier molecular flexibility index (Phi) is 6.43. The molecule has 0 radical (unpaired) electrons. The van der Waals surface area contributed by atoms with Gasteiger partial charge in [0.05, 0.1) is 17.2 Å². The Balaban J connectivity index is 1.92. The minimum Gasteiger partial charge on any atom is -0.488 e. The van der Waals surface area contributed by atoms with Gasteiger partial charge in [0, 0.05) is 15.6 Å². The fourth-order valence-electron chi connectivity index (χ4n) is 2.66. The number of hydrogen-bond acceptors (Lipinski definition) is 3. The minimum absolute atomic E-state index is 0.0460. The topological polar surface area (TPSA) is 70.3 Å². The van der Waals surface area contributed by atoms with E-state index in [4.69, 9.17) is 9.84 Å². The normalized spacial score (nSPS) is 11.0. The predicted molar refractivity (Wildman–Crippen MR) is 112 cm³/mol. The summed E-state index contributed by atoms with van der Waals surface area (Å²) in [5, 5.41) is 18.6. The Hall–Kier alpha value is -3.43. The van der Waals surface area contributed by atoms with Gasteiger partial charge in [0.1, 0.15) is 18.2 Å². The van der Waals surface area contributed by atoms with Crippen molar-refractivity contribution in [2.24, 2.45) is 0 Å². The van der Waals surface area contributed by atoms with Gasteiger partial charge in [0.2, 0.25) is 0 Å². The smallest absolute Gasteiger partial charge is 0.335 e. The zero-order chi connectivity index (χ0) is 20.8.